The highest BCUT2D eigenvalue weighted by atomic mass is 19.4. The lowest BCUT2D eigenvalue weighted by atomic mass is 9.78. The molecule has 0 aliphatic carbocycles. The van der Waals surface area contributed by atoms with Crippen molar-refractivity contribution in [2.24, 2.45) is 5.41 Å². The predicted octanol–water partition coefficient (Wildman–Crippen LogP) is 5.08. The van der Waals surface area contributed by atoms with Crippen LogP contribution in [0.25, 0.3) is 0 Å². The van der Waals surface area contributed by atoms with E-state index in [0.29, 0.717) is 57.3 Å². The summed E-state index contributed by atoms with van der Waals surface area (Å²) in [5.41, 5.74) is -1.14. The molecule has 2 saturated heterocycles. The zero-order chi connectivity index (χ0) is 25.2. The van der Waals surface area contributed by atoms with E-state index in [4.69, 9.17) is 4.74 Å². The predicted molar refractivity (Wildman–Crippen MR) is 122 cm³/mol. The summed E-state index contributed by atoms with van der Waals surface area (Å²) in [5, 5.41) is 2.28. The summed E-state index contributed by atoms with van der Waals surface area (Å²) in [6.07, 6.45) is -2.73. The lowest BCUT2D eigenvalue weighted by Crippen LogP contribution is -2.46. The van der Waals surface area contributed by atoms with E-state index in [9.17, 15) is 27.2 Å². The number of urea groups is 1. The van der Waals surface area contributed by atoms with Gasteiger partial charge in [-0.2, -0.15) is 13.2 Å². The van der Waals surface area contributed by atoms with Gasteiger partial charge in [0, 0.05) is 26.2 Å². The monoisotopic (exact) mass is 493 g/mol. The Morgan fingerprint density at radius 3 is 2.31 bits per heavy atom. The van der Waals surface area contributed by atoms with Gasteiger partial charge in [0.05, 0.1) is 11.3 Å². The van der Waals surface area contributed by atoms with Crippen molar-refractivity contribution >= 4 is 17.6 Å². The standard InChI is InChI=1S/C25H27F4N3O3/c1-17-5-2-3-8-20(17)35-15-21(33)31-12-9-24(10-13-31)11-14-32(16-24)23(34)30-19-7-4-6-18(22(19)26)25(27,28)29/h2-8H,9-16H2,1H3,(H,30,34). The minimum Gasteiger partial charge on any atom is -0.484 e. The SMILES string of the molecule is Cc1ccccc1OCC(=O)N1CCC2(CC1)CCN(C(=O)Nc1cccc(C(F)(F)F)c1F)C2. The van der Waals surface area contributed by atoms with Gasteiger partial charge in [0.1, 0.15) is 5.75 Å². The molecule has 35 heavy (non-hydrogen) atoms. The Bertz CT molecular complexity index is 1100. The fourth-order valence-electron chi connectivity index (χ4n) is 4.74. The normalized spacial score (nSPS) is 17.5. The first kappa shape index (κ1) is 24.8. The minimum atomic E-state index is -4.85. The molecule has 0 radical (unpaired) electrons. The number of piperidine rings is 1. The Balaban J connectivity index is 1.29. The number of ether oxygens (including phenoxy) is 1. The van der Waals surface area contributed by atoms with Crippen molar-refractivity contribution in [3.8, 4) is 5.75 Å². The molecule has 3 amide bonds. The molecule has 10 heteroatoms. The highest BCUT2D eigenvalue weighted by Crippen LogP contribution is 2.41. The Hall–Kier alpha value is -3.30. The second-order valence-electron chi connectivity index (χ2n) is 9.20. The second kappa shape index (κ2) is 9.75. The van der Waals surface area contributed by atoms with Crippen molar-refractivity contribution in [3.63, 3.8) is 0 Å². The first-order valence-electron chi connectivity index (χ1n) is 11.5. The van der Waals surface area contributed by atoms with Gasteiger partial charge in [-0.05, 0) is 55.4 Å². The summed E-state index contributed by atoms with van der Waals surface area (Å²) < 4.78 is 58.8. The molecule has 0 unspecified atom stereocenters. The maximum absolute atomic E-state index is 14.3. The summed E-state index contributed by atoms with van der Waals surface area (Å²) in [4.78, 5) is 28.5. The molecule has 0 atom stereocenters. The van der Waals surface area contributed by atoms with Gasteiger partial charge in [-0.25, -0.2) is 9.18 Å². The Kier molecular flexibility index (Phi) is 6.91. The first-order valence-corrected chi connectivity index (χ1v) is 11.5. The zero-order valence-corrected chi connectivity index (χ0v) is 19.3. The number of anilines is 1. The van der Waals surface area contributed by atoms with Crippen LogP contribution in [0.1, 0.15) is 30.4 Å². The van der Waals surface area contributed by atoms with Gasteiger partial charge in [0.15, 0.2) is 12.4 Å². The maximum atomic E-state index is 14.3. The van der Waals surface area contributed by atoms with Crippen LogP contribution in [0, 0.1) is 18.2 Å². The molecule has 0 aromatic heterocycles. The number of aryl methyl sites for hydroxylation is 1. The fraction of sp³-hybridized carbons (Fsp3) is 0.440. The summed E-state index contributed by atoms with van der Waals surface area (Å²) in [6, 6.07) is 9.64. The summed E-state index contributed by atoms with van der Waals surface area (Å²) in [6.45, 7) is 3.75. The number of rotatable bonds is 4. The first-order chi connectivity index (χ1) is 16.6. The van der Waals surface area contributed by atoms with E-state index < -0.39 is 29.3 Å². The van der Waals surface area contributed by atoms with E-state index in [1.54, 1.807) is 4.90 Å². The Morgan fingerprint density at radius 1 is 1.00 bits per heavy atom. The van der Waals surface area contributed by atoms with Crippen molar-refractivity contribution in [3.05, 3.63) is 59.4 Å². The number of para-hydroxylation sites is 1. The zero-order valence-electron chi connectivity index (χ0n) is 19.3. The van der Waals surface area contributed by atoms with Crippen molar-refractivity contribution in [2.75, 3.05) is 38.1 Å². The Labute approximate surface area is 200 Å². The third-order valence-corrected chi connectivity index (χ3v) is 6.89. The van der Waals surface area contributed by atoms with Crippen LogP contribution in [0.5, 0.6) is 5.75 Å². The molecule has 0 saturated carbocycles. The number of carbonyl (C=O) groups is 2. The van der Waals surface area contributed by atoms with E-state index in [2.05, 4.69) is 5.32 Å². The number of alkyl halides is 3. The van der Waals surface area contributed by atoms with E-state index in [-0.39, 0.29) is 17.9 Å². The summed E-state index contributed by atoms with van der Waals surface area (Å²) in [5.74, 6) is -0.929. The van der Waals surface area contributed by atoms with E-state index in [1.165, 1.54) is 4.90 Å². The van der Waals surface area contributed by atoms with Crippen LogP contribution < -0.4 is 10.1 Å². The molecular weight excluding hydrogens is 466 g/mol. The van der Waals surface area contributed by atoms with Crippen molar-refractivity contribution in [2.45, 2.75) is 32.4 Å². The number of nitrogens with one attached hydrogen (secondary N) is 1. The van der Waals surface area contributed by atoms with Crippen molar-refractivity contribution < 1.29 is 31.9 Å². The molecule has 1 spiro atoms. The van der Waals surface area contributed by atoms with E-state index in [0.717, 1.165) is 17.7 Å². The van der Waals surface area contributed by atoms with Gasteiger partial charge in [0.25, 0.3) is 5.91 Å². The van der Waals surface area contributed by atoms with Gasteiger partial charge in [-0.3, -0.25) is 4.79 Å². The smallest absolute Gasteiger partial charge is 0.419 e. The molecule has 2 heterocycles. The maximum Gasteiger partial charge on any atom is 0.419 e. The summed E-state index contributed by atoms with van der Waals surface area (Å²) >= 11 is 0. The number of hydrogen-bond donors (Lipinski definition) is 1. The largest absolute Gasteiger partial charge is 0.484 e. The van der Waals surface area contributed by atoms with Crippen LogP contribution in [-0.4, -0.2) is 54.5 Å². The quantitative estimate of drug-likeness (QED) is 0.605. The molecule has 2 aliphatic rings. The molecule has 188 valence electrons. The molecule has 2 aromatic carbocycles. The number of likely N-dealkylation sites (tertiary alicyclic amines) is 2. The van der Waals surface area contributed by atoms with Crippen LogP contribution in [0.4, 0.5) is 28.0 Å². The van der Waals surface area contributed by atoms with Gasteiger partial charge in [-0.1, -0.05) is 24.3 Å². The average molecular weight is 494 g/mol. The highest BCUT2D eigenvalue weighted by molar-refractivity contribution is 5.89. The molecule has 1 N–H and O–H groups in total. The lowest BCUT2D eigenvalue weighted by molar-refractivity contribution is -0.140. The van der Waals surface area contributed by atoms with Crippen molar-refractivity contribution in [1.82, 2.24) is 9.80 Å². The summed E-state index contributed by atoms with van der Waals surface area (Å²) in [7, 11) is 0. The number of benzene rings is 2. The number of amides is 3. The number of halogens is 4. The minimum absolute atomic E-state index is 0.0467. The van der Waals surface area contributed by atoms with Crippen LogP contribution in [-0.2, 0) is 11.0 Å². The second-order valence-corrected chi connectivity index (χ2v) is 9.20. The molecule has 0 bridgehead atoms. The number of hydrogen-bond acceptors (Lipinski definition) is 3. The van der Waals surface area contributed by atoms with Gasteiger partial charge in [0.2, 0.25) is 0 Å². The van der Waals surface area contributed by atoms with Gasteiger partial charge >= 0.3 is 12.2 Å². The van der Waals surface area contributed by atoms with Crippen LogP contribution >= 0.6 is 0 Å². The van der Waals surface area contributed by atoms with Crippen LogP contribution in [0.3, 0.4) is 0 Å². The fourth-order valence-corrected chi connectivity index (χ4v) is 4.74. The molecular formula is C25H27F4N3O3. The van der Waals surface area contributed by atoms with Crippen LogP contribution in [0.15, 0.2) is 42.5 Å². The molecule has 2 aromatic rings. The Morgan fingerprint density at radius 2 is 1.66 bits per heavy atom. The average Bonchev–Trinajstić information content (AvgIpc) is 3.23. The number of carbonyl (C=O) groups excluding carboxylic acids is 2. The van der Waals surface area contributed by atoms with Gasteiger partial charge < -0.3 is 19.9 Å². The van der Waals surface area contributed by atoms with Crippen molar-refractivity contribution in [1.29, 1.82) is 0 Å². The third kappa shape index (κ3) is 5.52. The highest BCUT2D eigenvalue weighted by Gasteiger charge is 2.43. The lowest BCUT2D eigenvalue weighted by Gasteiger charge is -2.39. The number of nitrogens with zero attached hydrogens (tertiary/aromatic N) is 2. The topological polar surface area (TPSA) is 61.9 Å². The van der Waals surface area contributed by atoms with E-state index in [1.807, 2.05) is 31.2 Å². The van der Waals surface area contributed by atoms with E-state index >= 15 is 0 Å². The molecule has 4 rings (SSSR count). The third-order valence-electron chi connectivity index (χ3n) is 6.89. The van der Waals surface area contributed by atoms with Gasteiger partial charge in [-0.15, -0.1) is 0 Å². The molecule has 2 fully saturated rings. The van der Waals surface area contributed by atoms with Crippen LogP contribution in [0.2, 0.25) is 0 Å². The molecule has 6 nitrogen and oxygen atoms in total. The molecule has 2 aliphatic heterocycles.